The molecule has 1 saturated heterocycles. The molecule has 0 radical (unpaired) electrons. The Balaban J connectivity index is 1.90. The molecule has 2 aliphatic rings. The van der Waals surface area contributed by atoms with E-state index < -0.39 is 0 Å². The fraction of sp³-hybridized carbons (Fsp3) is 0.444. The quantitative estimate of drug-likeness (QED) is 0.764. The van der Waals surface area contributed by atoms with Gasteiger partial charge in [-0.25, -0.2) is 0 Å². The minimum atomic E-state index is -0.363. The Morgan fingerprint density at radius 2 is 1.52 bits per heavy atom. The van der Waals surface area contributed by atoms with Crippen molar-refractivity contribution in [2.45, 2.75) is 51.7 Å². The molecule has 1 saturated carbocycles. The number of benzene rings is 1. The first kappa shape index (κ1) is 14.6. The number of rotatable bonds is 3. The van der Waals surface area contributed by atoms with E-state index in [0.717, 1.165) is 18.3 Å². The highest BCUT2D eigenvalue weighted by Gasteiger charge is 2.52. The van der Waals surface area contributed by atoms with E-state index in [4.69, 9.17) is 9.31 Å². The van der Waals surface area contributed by atoms with Gasteiger partial charge in [0.2, 0.25) is 0 Å². The third-order valence-electron chi connectivity index (χ3n) is 4.77. The van der Waals surface area contributed by atoms with E-state index in [0.29, 0.717) is 0 Å². The molecule has 0 atom stereocenters. The van der Waals surface area contributed by atoms with Crippen LogP contribution in [0, 0.1) is 0 Å². The minimum Gasteiger partial charge on any atom is -0.399 e. The lowest BCUT2D eigenvalue weighted by atomic mass is 9.72. The summed E-state index contributed by atoms with van der Waals surface area (Å²) in [4.78, 5) is 0. The zero-order valence-corrected chi connectivity index (χ0v) is 13.4. The van der Waals surface area contributed by atoms with Gasteiger partial charge < -0.3 is 9.31 Å². The van der Waals surface area contributed by atoms with Crippen molar-refractivity contribution in [1.29, 1.82) is 0 Å². The first-order valence-electron chi connectivity index (χ1n) is 7.64. The maximum absolute atomic E-state index is 6.15. The predicted molar refractivity (Wildman–Crippen MR) is 87.8 cm³/mol. The molecule has 0 amide bonds. The van der Waals surface area contributed by atoms with E-state index in [1.54, 1.807) is 0 Å². The molecule has 3 rings (SSSR count). The molecule has 0 N–H and O–H groups in total. The van der Waals surface area contributed by atoms with Crippen LogP contribution < -0.4 is 0 Å². The summed E-state index contributed by atoms with van der Waals surface area (Å²) in [5, 5.41) is 0. The Morgan fingerprint density at radius 1 is 1.00 bits per heavy atom. The molecule has 0 spiro atoms. The third kappa shape index (κ3) is 2.61. The molecular formula is C18H23BO2. The maximum Gasteiger partial charge on any atom is 0.494 e. The molecule has 0 bridgehead atoms. The van der Waals surface area contributed by atoms with Crippen molar-refractivity contribution in [3.63, 3.8) is 0 Å². The van der Waals surface area contributed by atoms with Crippen LogP contribution in [0.25, 0.3) is 5.57 Å². The van der Waals surface area contributed by atoms with Crippen LogP contribution in [0.4, 0.5) is 0 Å². The second-order valence-corrected chi connectivity index (χ2v) is 6.96. The molecule has 3 heteroatoms. The molecule has 1 heterocycles. The van der Waals surface area contributed by atoms with Gasteiger partial charge in [-0.3, -0.25) is 0 Å². The number of hydrogen-bond donors (Lipinski definition) is 0. The first-order valence-corrected chi connectivity index (χ1v) is 7.64. The van der Waals surface area contributed by atoms with E-state index in [1.807, 2.05) is 6.07 Å². The second-order valence-electron chi connectivity index (χ2n) is 6.96. The van der Waals surface area contributed by atoms with Gasteiger partial charge in [-0.15, -0.1) is 0 Å². The van der Waals surface area contributed by atoms with Gasteiger partial charge in [-0.1, -0.05) is 42.5 Å². The summed E-state index contributed by atoms with van der Waals surface area (Å²) in [6.07, 6.45) is 2.31. The van der Waals surface area contributed by atoms with Crippen molar-refractivity contribution < 1.29 is 9.31 Å². The molecule has 2 nitrogen and oxygen atoms in total. The zero-order chi connectivity index (χ0) is 15.3. The van der Waals surface area contributed by atoms with Gasteiger partial charge in [0.15, 0.2) is 0 Å². The molecule has 0 unspecified atom stereocenters. The van der Waals surface area contributed by atoms with Crippen LogP contribution in [-0.4, -0.2) is 18.3 Å². The largest absolute Gasteiger partial charge is 0.494 e. The molecule has 1 aliphatic heterocycles. The number of allylic oxidation sites excluding steroid dienone is 3. The van der Waals surface area contributed by atoms with Crippen molar-refractivity contribution in [2.24, 2.45) is 0 Å². The monoisotopic (exact) mass is 282 g/mol. The Kier molecular flexibility index (Phi) is 3.38. The number of hydrogen-bond acceptors (Lipinski definition) is 2. The lowest BCUT2D eigenvalue weighted by Crippen LogP contribution is -2.41. The average Bonchev–Trinajstić information content (AvgIpc) is 3.19. The molecule has 2 fully saturated rings. The summed E-state index contributed by atoms with van der Waals surface area (Å²) in [6, 6.07) is 10.4. The summed E-state index contributed by atoms with van der Waals surface area (Å²) >= 11 is 0. The van der Waals surface area contributed by atoms with Crippen LogP contribution in [0.1, 0.15) is 46.1 Å². The summed E-state index contributed by atoms with van der Waals surface area (Å²) in [5.41, 5.74) is 4.21. The van der Waals surface area contributed by atoms with Gasteiger partial charge in [-0.05, 0) is 57.1 Å². The topological polar surface area (TPSA) is 18.5 Å². The van der Waals surface area contributed by atoms with E-state index in [1.165, 1.54) is 16.7 Å². The molecule has 0 aromatic heterocycles. The van der Waals surface area contributed by atoms with Gasteiger partial charge in [0.05, 0.1) is 11.2 Å². The van der Waals surface area contributed by atoms with Crippen molar-refractivity contribution in [3.05, 3.63) is 53.5 Å². The predicted octanol–water partition coefficient (Wildman–Crippen LogP) is 4.42. The van der Waals surface area contributed by atoms with Gasteiger partial charge in [0.1, 0.15) is 0 Å². The summed E-state index contributed by atoms with van der Waals surface area (Å²) in [7, 11) is -0.363. The van der Waals surface area contributed by atoms with Gasteiger partial charge >= 0.3 is 7.12 Å². The lowest BCUT2D eigenvalue weighted by Gasteiger charge is -2.32. The third-order valence-corrected chi connectivity index (χ3v) is 4.77. The van der Waals surface area contributed by atoms with E-state index in [-0.39, 0.29) is 18.3 Å². The highest BCUT2D eigenvalue weighted by molar-refractivity contribution is 6.58. The van der Waals surface area contributed by atoms with Gasteiger partial charge in [0.25, 0.3) is 0 Å². The smallest absolute Gasteiger partial charge is 0.399 e. The highest BCUT2D eigenvalue weighted by atomic mass is 16.7. The summed E-state index contributed by atoms with van der Waals surface area (Å²) < 4.78 is 12.3. The van der Waals surface area contributed by atoms with Crippen molar-refractivity contribution >= 4 is 12.7 Å². The van der Waals surface area contributed by atoms with E-state index in [9.17, 15) is 0 Å². The van der Waals surface area contributed by atoms with Crippen LogP contribution in [-0.2, 0) is 9.31 Å². The SMILES string of the molecule is C=C(B1OC(C)(C)C(C)(C)O1)C(=C1CC1)c1ccccc1. The molecule has 1 aromatic rings. The van der Waals surface area contributed by atoms with Crippen molar-refractivity contribution in [3.8, 4) is 0 Å². The van der Waals surface area contributed by atoms with Crippen LogP contribution in [0.2, 0.25) is 0 Å². The molecule has 1 aromatic carbocycles. The Labute approximate surface area is 128 Å². The second kappa shape index (κ2) is 4.86. The van der Waals surface area contributed by atoms with Crippen LogP contribution >= 0.6 is 0 Å². The van der Waals surface area contributed by atoms with Crippen molar-refractivity contribution in [2.75, 3.05) is 0 Å². The Bertz CT molecular complexity index is 577. The Hall–Kier alpha value is -1.32. The maximum atomic E-state index is 6.15. The first-order chi connectivity index (χ1) is 9.82. The molecule has 110 valence electrons. The molecule has 21 heavy (non-hydrogen) atoms. The van der Waals surface area contributed by atoms with Crippen LogP contribution in [0.3, 0.4) is 0 Å². The van der Waals surface area contributed by atoms with Crippen LogP contribution in [0.15, 0.2) is 48.0 Å². The lowest BCUT2D eigenvalue weighted by molar-refractivity contribution is 0.00578. The zero-order valence-electron chi connectivity index (χ0n) is 13.4. The van der Waals surface area contributed by atoms with Gasteiger partial charge in [0, 0.05) is 0 Å². The average molecular weight is 282 g/mol. The summed E-state index contributed by atoms with van der Waals surface area (Å²) in [6.45, 7) is 12.6. The standard InChI is InChI=1S/C18H23BO2/c1-13(19-20-17(2,3)18(4,5)21-19)16(15-11-12-15)14-9-7-6-8-10-14/h6-10H,1,11-12H2,2-5H3. The molecular weight excluding hydrogens is 259 g/mol. The molecule has 1 aliphatic carbocycles. The fourth-order valence-electron chi connectivity index (χ4n) is 2.64. The van der Waals surface area contributed by atoms with E-state index in [2.05, 4.69) is 58.5 Å². The summed E-state index contributed by atoms with van der Waals surface area (Å²) in [5.74, 6) is 0. The Morgan fingerprint density at radius 3 is 2.00 bits per heavy atom. The minimum absolute atomic E-state index is 0.323. The fourth-order valence-corrected chi connectivity index (χ4v) is 2.64. The highest BCUT2D eigenvalue weighted by Crippen LogP contribution is 2.45. The van der Waals surface area contributed by atoms with Crippen molar-refractivity contribution in [1.82, 2.24) is 0 Å². The van der Waals surface area contributed by atoms with E-state index >= 15 is 0 Å². The van der Waals surface area contributed by atoms with Crippen LogP contribution in [0.5, 0.6) is 0 Å². The normalized spacial score (nSPS) is 22.3. The van der Waals surface area contributed by atoms with Gasteiger partial charge in [-0.2, -0.15) is 0 Å².